The number of hydrogen-bond acceptors (Lipinski definition) is 6. The van der Waals surface area contributed by atoms with Crippen LogP contribution in [0, 0.1) is 0 Å². The highest BCUT2D eigenvalue weighted by molar-refractivity contribution is 7.96. The van der Waals surface area contributed by atoms with E-state index in [1.807, 2.05) is 30.3 Å². The Bertz CT molecular complexity index is 812. The van der Waals surface area contributed by atoms with E-state index >= 15 is 0 Å². The van der Waals surface area contributed by atoms with Crippen LogP contribution in [0.5, 0.6) is 5.75 Å². The number of hydrogen-bond donors (Lipinski definition) is 0. The molecule has 1 aliphatic carbocycles. The zero-order valence-corrected chi connectivity index (χ0v) is 16.5. The van der Waals surface area contributed by atoms with E-state index in [0.717, 1.165) is 50.4 Å². The van der Waals surface area contributed by atoms with Gasteiger partial charge in [-0.15, -0.1) is 0 Å². The summed E-state index contributed by atoms with van der Waals surface area (Å²) >= 11 is 1.77. The lowest BCUT2D eigenvalue weighted by atomic mass is 10.2. The average molecular weight is 387 g/mol. The average Bonchev–Trinajstić information content (AvgIpc) is 3.23. The van der Waals surface area contributed by atoms with Gasteiger partial charge in [-0.2, -0.15) is 9.78 Å². The predicted molar refractivity (Wildman–Crippen MR) is 110 cm³/mol. The number of benzene rings is 1. The number of para-hydroxylation sites is 1. The Morgan fingerprint density at radius 2 is 1.78 bits per heavy atom. The van der Waals surface area contributed by atoms with E-state index in [0.29, 0.717) is 5.75 Å². The van der Waals surface area contributed by atoms with Crippen LogP contribution in [0.25, 0.3) is 5.69 Å². The minimum atomic E-state index is -0.169. The topological polar surface area (TPSA) is 50.6 Å². The van der Waals surface area contributed by atoms with Crippen LogP contribution in [0.2, 0.25) is 0 Å². The van der Waals surface area contributed by atoms with Crippen molar-refractivity contribution in [2.75, 3.05) is 37.3 Å². The van der Waals surface area contributed by atoms with Crippen molar-refractivity contribution in [2.24, 2.45) is 0 Å². The van der Waals surface area contributed by atoms with Crippen LogP contribution in [0.1, 0.15) is 25.7 Å². The van der Waals surface area contributed by atoms with Gasteiger partial charge in [-0.3, -0.25) is 4.79 Å². The highest BCUT2D eigenvalue weighted by Crippen LogP contribution is 2.30. The van der Waals surface area contributed by atoms with Gasteiger partial charge >= 0.3 is 5.56 Å². The molecule has 2 aromatic rings. The predicted octanol–water partition coefficient (Wildman–Crippen LogP) is 2.95. The van der Waals surface area contributed by atoms with Crippen molar-refractivity contribution in [3.8, 4) is 11.4 Å². The Hall–Kier alpha value is -1.99. The second kappa shape index (κ2) is 8.35. The maximum Gasteiger partial charge on any atom is 0.316 e. The van der Waals surface area contributed by atoms with Crippen molar-refractivity contribution in [1.29, 1.82) is 0 Å². The van der Waals surface area contributed by atoms with Gasteiger partial charge in [0.05, 0.1) is 18.0 Å². The van der Waals surface area contributed by atoms with Crippen molar-refractivity contribution in [3.05, 3.63) is 46.9 Å². The Morgan fingerprint density at radius 1 is 1.07 bits per heavy atom. The van der Waals surface area contributed by atoms with Gasteiger partial charge in [-0.25, -0.2) is 4.31 Å². The summed E-state index contributed by atoms with van der Waals surface area (Å²) in [5, 5.41) is 4.46. The molecule has 0 radical (unpaired) electrons. The lowest BCUT2D eigenvalue weighted by Gasteiger charge is -2.35. The summed E-state index contributed by atoms with van der Waals surface area (Å²) in [5.41, 5.74) is 1.43. The highest BCUT2D eigenvalue weighted by Gasteiger charge is 2.26. The van der Waals surface area contributed by atoms with Crippen molar-refractivity contribution in [3.63, 3.8) is 0 Å². The fourth-order valence-electron chi connectivity index (χ4n) is 3.80. The smallest absolute Gasteiger partial charge is 0.316 e. The first-order valence-electron chi connectivity index (χ1n) is 9.64. The molecule has 0 bridgehead atoms. The van der Waals surface area contributed by atoms with Crippen LogP contribution in [-0.4, -0.2) is 52.6 Å². The third-order valence-electron chi connectivity index (χ3n) is 5.34. The second-order valence-electron chi connectivity index (χ2n) is 7.03. The first kappa shape index (κ1) is 18.4. The maximum absolute atomic E-state index is 13.3. The van der Waals surface area contributed by atoms with Gasteiger partial charge in [-0.05, 0) is 44.1 Å². The van der Waals surface area contributed by atoms with Crippen molar-refractivity contribution in [1.82, 2.24) is 14.1 Å². The standard InChI is InChI=1S/C20H26N4O2S/c1-27-23-13-11-22(12-14-23)18-15-21-24(16-7-3-2-4-8-16)20(25)19(18)26-17-9-5-6-10-17/h2-4,7-8,15,17H,5-6,9-14H2,1H3. The van der Waals surface area contributed by atoms with Crippen LogP contribution in [-0.2, 0) is 0 Å². The monoisotopic (exact) mass is 386 g/mol. The summed E-state index contributed by atoms with van der Waals surface area (Å²) in [4.78, 5) is 15.5. The molecule has 1 saturated heterocycles. The summed E-state index contributed by atoms with van der Waals surface area (Å²) in [7, 11) is 0. The molecule has 0 N–H and O–H groups in total. The summed E-state index contributed by atoms with van der Waals surface area (Å²) in [6.45, 7) is 3.67. The number of ether oxygens (including phenoxy) is 1. The molecule has 27 heavy (non-hydrogen) atoms. The highest BCUT2D eigenvalue weighted by atomic mass is 32.2. The minimum absolute atomic E-state index is 0.135. The van der Waals surface area contributed by atoms with E-state index in [4.69, 9.17) is 4.74 Å². The zero-order chi connectivity index (χ0) is 18.6. The Balaban J connectivity index is 1.69. The molecule has 2 fully saturated rings. The van der Waals surface area contributed by atoms with Crippen molar-refractivity contribution in [2.45, 2.75) is 31.8 Å². The largest absolute Gasteiger partial charge is 0.483 e. The quantitative estimate of drug-likeness (QED) is 0.737. The number of anilines is 1. The molecule has 7 heteroatoms. The Labute approximate surface area is 164 Å². The second-order valence-corrected chi connectivity index (χ2v) is 7.92. The molecule has 1 aromatic carbocycles. The molecule has 2 heterocycles. The molecule has 4 rings (SSSR count). The molecule has 2 aliphatic rings. The van der Waals surface area contributed by atoms with E-state index in [2.05, 4.69) is 20.6 Å². The third kappa shape index (κ3) is 3.99. The number of nitrogens with zero attached hydrogens (tertiary/aromatic N) is 4. The van der Waals surface area contributed by atoms with Gasteiger partial charge in [0, 0.05) is 26.2 Å². The van der Waals surface area contributed by atoms with Crippen LogP contribution in [0.3, 0.4) is 0 Å². The normalized spacial score (nSPS) is 18.8. The number of aromatic nitrogens is 2. The molecule has 0 amide bonds. The molecular weight excluding hydrogens is 360 g/mol. The third-order valence-corrected chi connectivity index (χ3v) is 6.22. The van der Waals surface area contributed by atoms with E-state index in [1.165, 1.54) is 17.5 Å². The van der Waals surface area contributed by atoms with Gasteiger partial charge in [0.1, 0.15) is 5.69 Å². The molecule has 0 unspecified atom stereocenters. The first-order valence-corrected chi connectivity index (χ1v) is 10.8. The molecule has 0 spiro atoms. The van der Waals surface area contributed by atoms with Crippen molar-refractivity contribution >= 4 is 17.6 Å². The van der Waals surface area contributed by atoms with Gasteiger partial charge < -0.3 is 9.64 Å². The van der Waals surface area contributed by atoms with Crippen LogP contribution in [0.4, 0.5) is 5.69 Å². The van der Waals surface area contributed by atoms with E-state index in [-0.39, 0.29) is 11.7 Å². The number of rotatable bonds is 5. The zero-order valence-electron chi connectivity index (χ0n) is 15.7. The van der Waals surface area contributed by atoms with Crippen LogP contribution in [0.15, 0.2) is 41.3 Å². The summed E-state index contributed by atoms with van der Waals surface area (Å²) in [5.74, 6) is 0.457. The summed E-state index contributed by atoms with van der Waals surface area (Å²) in [6.07, 6.45) is 8.42. The fraction of sp³-hybridized carbons (Fsp3) is 0.500. The SMILES string of the molecule is CSN1CCN(c2cnn(-c3ccccc3)c(=O)c2OC2CCCC2)CC1. The molecule has 144 valence electrons. The molecule has 1 aliphatic heterocycles. The van der Waals surface area contributed by atoms with Crippen LogP contribution < -0.4 is 15.2 Å². The Kier molecular flexibility index (Phi) is 5.69. The molecule has 1 saturated carbocycles. The maximum atomic E-state index is 13.3. The van der Waals surface area contributed by atoms with Gasteiger partial charge in [0.2, 0.25) is 5.75 Å². The fourth-order valence-corrected chi connectivity index (χ4v) is 4.33. The molecule has 0 atom stereocenters. The van der Waals surface area contributed by atoms with E-state index in [9.17, 15) is 4.79 Å². The molecule has 6 nitrogen and oxygen atoms in total. The van der Waals surface area contributed by atoms with Crippen molar-refractivity contribution < 1.29 is 4.74 Å². The first-order chi connectivity index (χ1) is 13.3. The van der Waals surface area contributed by atoms with E-state index in [1.54, 1.807) is 18.1 Å². The Morgan fingerprint density at radius 3 is 2.44 bits per heavy atom. The summed E-state index contributed by atoms with van der Waals surface area (Å²) < 4.78 is 10.1. The lowest BCUT2D eigenvalue weighted by molar-refractivity contribution is 0.205. The van der Waals surface area contributed by atoms with Gasteiger partial charge in [-0.1, -0.05) is 30.1 Å². The van der Waals surface area contributed by atoms with Gasteiger partial charge in [0.15, 0.2) is 0 Å². The minimum Gasteiger partial charge on any atom is -0.483 e. The van der Waals surface area contributed by atoms with Crippen LogP contribution >= 0.6 is 11.9 Å². The molecular formula is C20H26N4O2S. The number of piperazine rings is 1. The summed E-state index contributed by atoms with van der Waals surface area (Å²) in [6, 6.07) is 9.55. The van der Waals surface area contributed by atoms with Gasteiger partial charge in [0.25, 0.3) is 0 Å². The lowest BCUT2D eigenvalue weighted by Crippen LogP contribution is -2.44. The van der Waals surface area contributed by atoms with E-state index < -0.39 is 0 Å². The molecule has 1 aromatic heterocycles.